The highest BCUT2D eigenvalue weighted by Crippen LogP contribution is 2.21. The van der Waals surface area contributed by atoms with Crippen molar-refractivity contribution < 1.29 is 37.7 Å². The average Bonchev–Trinajstić information content (AvgIpc) is 2.73. The number of pyridine rings is 1. The van der Waals surface area contributed by atoms with E-state index in [1.807, 2.05) is 18.2 Å². The highest BCUT2D eigenvalue weighted by Gasteiger charge is 2.18. The molecule has 0 bridgehead atoms. The molecule has 0 aliphatic carbocycles. The SMILES string of the molecule is CCc1cc(-c2ccccc2)cc(CC)[n+]1Cc1ccc(S(N)(=O)=O)cc1.[O-][Cl+2]([O-])[O-]. The molecule has 3 aromatic rings. The maximum absolute atomic E-state index is 11.4. The van der Waals surface area contributed by atoms with Crippen molar-refractivity contribution >= 4 is 10.0 Å². The van der Waals surface area contributed by atoms with Crippen LogP contribution in [-0.4, -0.2) is 8.42 Å². The summed E-state index contributed by atoms with van der Waals surface area (Å²) < 4.78 is 50.4. The Labute approximate surface area is 185 Å². The summed E-state index contributed by atoms with van der Waals surface area (Å²) in [5, 5.41) is 5.19. The van der Waals surface area contributed by atoms with E-state index < -0.39 is 20.8 Å². The first-order chi connectivity index (χ1) is 14.7. The smallest absolute Gasteiger partial charge is 0.238 e. The third-order valence-electron chi connectivity index (χ3n) is 4.76. The standard InChI is InChI=1S/C22H25N2O2S.ClO3/c1-3-20-14-19(18-8-6-5-7-9-18)15-21(4-2)24(20)16-17-10-12-22(13-11-17)27(23,25)26;2-1(3)4/h5-15H,3-4,16H2,1-2H3,(H2,23,25,26);/q+1;-1. The third kappa shape index (κ3) is 7.39. The minimum Gasteiger partial charge on any atom is -0.357 e. The minimum atomic E-state index is -3.66. The highest BCUT2D eigenvalue weighted by molar-refractivity contribution is 7.89. The van der Waals surface area contributed by atoms with Crippen molar-refractivity contribution in [3.63, 3.8) is 0 Å². The second kappa shape index (κ2) is 11.3. The fraction of sp³-hybridized carbons (Fsp3) is 0.227. The predicted octanol–water partition coefficient (Wildman–Crippen LogP) is -0.105. The molecule has 0 unspecified atom stereocenters. The van der Waals surface area contributed by atoms with Crippen molar-refractivity contribution in [3.05, 3.63) is 83.7 Å². The van der Waals surface area contributed by atoms with E-state index in [-0.39, 0.29) is 4.90 Å². The fourth-order valence-electron chi connectivity index (χ4n) is 3.29. The molecule has 0 spiro atoms. The van der Waals surface area contributed by atoms with E-state index in [4.69, 9.17) is 19.1 Å². The molecule has 0 aliphatic rings. The van der Waals surface area contributed by atoms with Gasteiger partial charge in [-0.3, -0.25) is 0 Å². The molecule has 1 aromatic heterocycles. The molecule has 3 rings (SSSR count). The van der Waals surface area contributed by atoms with Gasteiger partial charge in [0.1, 0.15) is 0 Å². The van der Waals surface area contributed by atoms with Crippen LogP contribution in [0.1, 0.15) is 30.8 Å². The van der Waals surface area contributed by atoms with Gasteiger partial charge in [0.15, 0.2) is 17.9 Å². The largest absolute Gasteiger partial charge is 0.357 e. The number of nitrogens with zero attached hydrogens (tertiary/aromatic N) is 1. The molecule has 0 saturated heterocycles. The molecule has 0 radical (unpaired) electrons. The van der Waals surface area contributed by atoms with Crippen molar-refractivity contribution in [1.82, 2.24) is 0 Å². The lowest BCUT2D eigenvalue weighted by atomic mass is 10.0. The van der Waals surface area contributed by atoms with Gasteiger partial charge in [0.2, 0.25) is 10.0 Å². The first kappa shape index (κ1) is 24.9. The van der Waals surface area contributed by atoms with E-state index >= 15 is 0 Å². The number of benzene rings is 2. The van der Waals surface area contributed by atoms with Crippen LogP contribution in [0.15, 0.2) is 71.6 Å². The zero-order chi connectivity index (χ0) is 23.0. The highest BCUT2D eigenvalue weighted by atomic mass is 35.6. The predicted molar refractivity (Wildman–Crippen MR) is 108 cm³/mol. The molecule has 7 nitrogen and oxygen atoms in total. The lowest BCUT2D eigenvalue weighted by molar-refractivity contribution is -1.73. The lowest BCUT2D eigenvalue weighted by Gasteiger charge is -2.11. The van der Waals surface area contributed by atoms with Crippen LogP contribution in [0, 0.1) is 10.8 Å². The summed E-state index contributed by atoms with van der Waals surface area (Å²) in [6.45, 7) is 5.01. The van der Waals surface area contributed by atoms with E-state index in [0.717, 1.165) is 18.4 Å². The van der Waals surface area contributed by atoms with Gasteiger partial charge in [-0.2, -0.15) is 4.57 Å². The molecule has 9 heteroatoms. The van der Waals surface area contributed by atoms with Gasteiger partial charge < -0.3 is 14.0 Å². The molecular formula is C22H25ClN2O5S. The van der Waals surface area contributed by atoms with Crippen molar-refractivity contribution in [3.8, 4) is 11.1 Å². The Bertz CT molecular complexity index is 1060. The summed E-state index contributed by atoms with van der Waals surface area (Å²) in [5.74, 6) is 0. The van der Waals surface area contributed by atoms with Crippen LogP contribution < -0.4 is 23.7 Å². The van der Waals surface area contributed by atoms with Gasteiger partial charge in [0.25, 0.3) is 0 Å². The molecular weight excluding hydrogens is 440 g/mol. The maximum Gasteiger partial charge on any atom is 0.238 e. The first-order valence-electron chi connectivity index (χ1n) is 9.61. The summed E-state index contributed by atoms with van der Waals surface area (Å²) >= 11 is 0. The summed E-state index contributed by atoms with van der Waals surface area (Å²) in [4.78, 5) is 0.141. The number of rotatable bonds is 6. The van der Waals surface area contributed by atoms with Crippen LogP contribution in [0.3, 0.4) is 0 Å². The van der Waals surface area contributed by atoms with Crippen LogP contribution in [0.5, 0.6) is 0 Å². The summed E-state index contributed by atoms with van der Waals surface area (Å²) in [6.07, 6.45) is 1.84. The van der Waals surface area contributed by atoms with Gasteiger partial charge in [0.05, 0.1) is 15.7 Å². The van der Waals surface area contributed by atoms with Crippen LogP contribution >= 0.6 is 0 Å². The summed E-state index contributed by atoms with van der Waals surface area (Å²) in [5.41, 5.74) is 5.99. The number of primary sulfonamides is 1. The Morgan fingerprint density at radius 1 is 0.839 bits per heavy atom. The van der Waals surface area contributed by atoms with Gasteiger partial charge in [-0.05, 0) is 23.3 Å². The molecule has 166 valence electrons. The molecule has 31 heavy (non-hydrogen) atoms. The second-order valence-electron chi connectivity index (χ2n) is 6.76. The number of hydrogen-bond acceptors (Lipinski definition) is 5. The van der Waals surface area contributed by atoms with E-state index in [0.29, 0.717) is 6.54 Å². The van der Waals surface area contributed by atoms with Crippen LogP contribution in [0.2, 0.25) is 0 Å². The van der Waals surface area contributed by atoms with Gasteiger partial charge >= 0.3 is 0 Å². The molecule has 2 N–H and O–H groups in total. The summed E-state index contributed by atoms with van der Waals surface area (Å²) in [6, 6.07) is 21.7. The van der Waals surface area contributed by atoms with Crippen LogP contribution in [-0.2, 0) is 29.4 Å². The third-order valence-corrected chi connectivity index (χ3v) is 5.69. The average molecular weight is 465 g/mol. The number of halogens is 1. The van der Waals surface area contributed by atoms with Crippen molar-refractivity contribution in [1.29, 1.82) is 0 Å². The van der Waals surface area contributed by atoms with Crippen LogP contribution in [0.4, 0.5) is 0 Å². The Kier molecular flexibility index (Phi) is 9.12. The van der Waals surface area contributed by atoms with Gasteiger partial charge in [0, 0.05) is 30.5 Å². The van der Waals surface area contributed by atoms with E-state index in [2.05, 4.69) is 54.8 Å². The fourth-order valence-corrected chi connectivity index (χ4v) is 3.81. The van der Waals surface area contributed by atoms with E-state index in [9.17, 15) is 8.42 Å². The minimum absolute atomic E-state index is 0.141. The Balaban J connectivity index is 0.000000785. The normalized spacial score (nSPS) is 11.2. The molecule has 0 fully saturated rings. The van der Waals surface area contributed by atoms with Gasteiger partial charge in [-0.1, -0.05) is 56.3 Å². The number of hydrogen-bond donors (Lipinski definition) is 1. The molecule has 2 aromatic carbocycles. The molecule has 0 saturated carbocycles. The van der Waals surface area contributed by atoms with Crippen molar-refractivity contribution in [2.24, 2.45) is 5.14 Å². The quantitative estimate of drug-likeness (QED) is 0.508. The Morgan fingerprint density at radius 3 is 1.74 bits per heavy atom. The monoisotopic (exact) mass is 464 g/mol. The zero-order valence-electron chi connectivity index (χ0n) is 17.3. The lowest BCUT2D eigenvalue weighted by Crippen LogP contribution is -2.43. The number of aryl methyl sites for hydroxylation is 2. The molecule has 1 heterocycles. The maximum atomic E-state index is 11.4. The van der Waals surface area contributed by atoms with Gasteiger partial charge in [-0.15, -0.1) is 0 Å². The topological polar surface area (TPSA) is 133 Å². The second-order valence-corrected chi connectivity index (χ2v) is 8.70. The van der Waals surface area contributed by atoms with Crippen molar-refractivity contribution in [2.75, 3.05) is 0 Å². The number of sulfonamides is 1. The van der Waals surface area contributed by atoms with Gasteiger partial charge in [-0.25, -0.2) is 13.6 Å². The summed E-state index contributed by atoms with van der Waals surface area (Å²) in [7, 11) is -6.51. The van der Waals surface area contributed by atoms with E-state index in [1.54, 1.807) is 12.1 Å². The zero-order valence-corrected chi connectivity index (χ0v) is 18.9. The number of aromatic nitrogens is 1. The van der Waals surface area contributed by atoms with Crippen molar-refractivity contribution in [2.45, 2.75) is 38.1 Å². The molecule has 0 amide bonds. The molecule has 0 aliphatic heterocycles. The Hall–Kier alpha value is -2.33. The molecule has 0 atom stereocenters. The van der Waals surface area contributed by atoms with E-state index in [1.165, 1.54) is 22.5 Å². The van der Waals surface area contributed by atoms with Crippen LogP contribution in [0.25, 0.3) is 11.1 Å². The number of nitrogens with two attached hydrogens (primary N) is 1. The first-order valence-corrected chi connectivity index (χ1v) is 12.1. The Morgan fingerprint density at radius 2 is 1.32 bits per heavy atom.